The third kappa shape index (κ3) is 4.55. The normalized spacial score (nSPS) is 23.8. The summed E-state index contributed by atoms with van der Waals surface area (Å²) in [6.07, 6.45) is 0.869. The molecule has 2 saturated heterocycles. The van der Waals surface area contributed by atoms with Crippen LogP contribution in [-0.4, -0.2) is 74.2 Å². The lowest BCUT2D eigenvalue weighted by Gasteiger charge is -2.38. The molecule has 34 heavy (non-hydrogen) atoms. The maximum atomic E-state index is 12.8. The van der Waals surface area contributed by atoms with Crippen molar-refractivity contribution in [2.75, 3.05) is 51.8 Å². The number of likely N-dealkylation sites (tertiary alicyclic amines) is 2. The number of nitrogens with one attached hydrogen (secondary N) is 1. The summed E-state index contributed by atoms with van der Waals surface area (Å²) >= 11 is 0. The number of methoxy groups -OCH3 is 1. The standard InChI is InChI=1S/C26H31N3O5/c1-17(30)29-15-21(18-3-6-20(32-2)7-4-18)22-14-28(10-9-23(22)29)16-26(31)27-19-5-8-24-25(13-19)34-12-11-33-24/h3-8,13,21-23H,9-12,14-16H2,1-2H3,(H,27,31)/t21-,22-,23-/m1/s1. The van der Waals surface area contributed by atoms with Gasteiger partial charge in [-0.1, -0.05) is 12.1 Å². The summed E-state index contributed by atoms with van der Waals surface area (Å²) in [6.45, 7) is 5.29. The third-order valence-electron chi connectivity index (χ3n) is 7.16. The van der Waals surface area contributed by atoms with Crippen molar-refractivity contribution in [3.8, 4) is 17.2 Å². The molecule has 5 rings (SSSR count). The van der Waals surface area contributed by atoms with Gasteiger partial charge in [-0.15, -0.1) is 0 Å². The molecule has 1 N–H and O–H groups in total. The van der Waals surface area contributed by atoms with Gasteiger partial charge in [-0.3, -0.25) is 14.5 Å². The average molecular weight is 466 g/mol. The zero-order valence-electron chi connectivity index (χ0n) is 19.7. The van der Waals surface area contributed by atoms with E-state index in [1.54, 1.807) is 20.1 Å². The first-order valence-electron chi connectivity index (χ1n) is 11.8. The number of carbonyl (C=O) groups excluding carboxylic acids is 2. The van der Waals surface area contributed by atoms with Gasteiger partial charge < -0.3 is 24.4 Å². The molecule has 0 unspecified atom stereocenters. The van der Waals surface area contributed by atoms with Gasteiger partial charge in [-0.05, 0) is 36.2 Å². The fourth-order valence-electron chi connectivity index (χ4n) is 5.54. The van der Waals surface area contributed by atoms with Crippen molar-refractivity contribution in [2.45, 2.75) is 25.3 Å². The van der Waals surface area contributed by atoms with E-state index in [-0.39, 0.29) is 29.7 Å². The highest BCUT2D eigenvalue weighted by molar-refractivity contribution is 5.92. The van der Waals surface area contributed by atoms with Crippen LogP contribution in [0.2, 0.25) is 0 Å². The smallest absolute Gasteiger partial charge is 0.238 e. The predicted molar refractivity (Wildman–Crippen MR) is 128 cm³/mol. The number of fused-ring (bicyclic) bond motifs is 2. The number of carbonyl (C=O) groups is 2. The summed E-state index contributed by atoms with van der Waals surface area (Å²) < 4.78 is 16.5. The van der Waals surface area contributed by atoms with Gasteiger partial charge in [0.2, 0.25) is 11.8 Å². The molecule has 0 radical (unpaired) electrons. The first kappa shape index (κ1) is 22.5. The van der Waals surface area contributed by atoms with E-state index in [0.717, 1.165) is 25.3 Å². The second-order valence-electron chi connectivity index (χ2n) is 9.21. The van der Waals surface area contributed by atoms with Crippen LogP contribution in [0.15, 0.2) is 42.5 Å². The van der Waals surface area contributed by atoms with Crippen molar-refractivity contribution < 1.29 is 23.8 Å². The molecule has 8 heteroatoms. The predicted octanol–water partition coefficient (Wildman–Crippen LogP) is 2.74. The molecule has 2 aromatic carbocycles. The molecule has 3 atom stereocenters. The Balaban J connectivity index is 1.26. The Morgan fingerprint density at radius 2 is 1.82 bits per heavy atom. The quantitative estimate of drug-likeness (QED) is 0.732. The molecule has 3 aliphatic heterocycles. The van der Waals surface area contributed by atoms with Crippen LogP contribution in [0.3, 0.4) is 0 Å². The summed E-state index contributed by atoms with van der Waals surface area (Å²) in [4.78, 5) is 29.4. The molecule has 2 aromatic rings. The molecule has 3 aliphatic rings. The maximum absolute atomic E-state index is 12.8. The van der Waals surface area contributed by atoms with Crippen molar-refractivity contribution in [3.05, 3.63) is 48.0 Å². The van der Waals surface area contributed by atoms with Crippen molar-refractivity contribution in [1.82, 2.24) is 9.80 Å². The summed E-state index contributed by atoms with van der Waals surface area (Å²) in [5, 5.41) is 2.99. The molecule has 2 fully saturated rings. The molecule has 0 saturated carbocycles. The SMILES string of the molecule is COc1ccc([C@H]2CN(C(C)=O)[C@@H]3CCN(CC(=O)Nc4ccc5c(c4)OCCO5)C[C@H]23)cc1. The number of piperidine rings is 1. The number of ether oxygens (including phenoxy) is 3. The van der Waals surface area contributed by atoms with Crippen molar-refractivity contribution in [3.63, 3.8) is 0 Å². The number of anilines is 1. The Hall–Kier alpha value is -3.26. The van der Waals surface area contributed by atoms with E-state index in [2.05, 4.69) is 22.3 Å². The largest absolute Gasteiger partial charge is 0.497 e. The average Bonchev–Trinajstić information content (AvgIpc) is 3.23. The minimum atomic E-state index is -0.0578. The van der Waals surface area contributed by atoms with E-state index in [1.165, 1.54) is 5.56 Å². The van der Waals surface area contributed by atoms with Gasteiger partial charge >= 0.3 is 0 Å². The van der Waals surface area contributed by atoms with Crippen LogP contribution in [0.1, 0.15) is 24.8 Å². The van der Waals surface area contributed by atoms with E-state index in [9.17, 15) is 9.59 Å². The van der Waals surface area contributed by atoms with E-state index in [0.29, 0.717) is 43.5 Å². The Morgan fingerprint density at radius 3 is 2.56 bits per heavy atom. The van der Waals surface area contributed by atoms with Gasteiger partial charge in [0.1, 0.15) is 19.0 Å². The Bertz CT molecular complexity index is 1060. The van der Waals surface area contributed by atoms with E-state index < -0.39 is 0 Å². The number of benzene rings is 2. The Morgan fingerprint density at radius 1 is 1.06 bits per heavy atom. The van der Waals surface area contributed by atoms with Crippen LogP contribution >= 0.6 is 0 Å². The summed E-state index contributed by atoms with van der Waals surface area (Å²) in [6, 6.07) is 13.8. The van der Waals surface area contributed by atoms with Crippen LogP contribution in [-0.2, 0) is 9.59 Å². The molecule has 3 heterocycles. The molecule has 0 aromatic heterocycles. The van der Waals surface area contributed by atoms with Gasteiger partial charge in [0.05, 0.1) is 13.7 Å². The number of hydrogen-bond donors (Lipinski definition) is 1. The van der Waals surface area contributed by atoms with Gasteiger partial charge in [-0.2, -0.15) is 0 Å². The van der Waals surface area contributed by atoms with E-state index in [4.69, 9.17) is 14.2 Å². The molecular formula is C26H31N3O5. The van der Waals surface area contributed by atoms with Gasteiger partial charge in [0.25, 0.3) is 0 Å². The second-order valence-corrected chi connectivity index (χ2v) is 9.21. The van der Waals surface area contributed by atoms with Crippen molar-refractivity contribution in [2.24, 2.45) is 5.92 Å². The van der Waals surface area contributed by atoms with Gasteiger partial charge in [-0.25, -0.2) is 0 Å². The molecule has 8 nitrogen and oxygen atoms in total. The zero-order valence-corrected chi connectivity index (χ0v) is 19.7. The van der Waals surface area contributed by atoms with Gasteiger partial charge in [0.15, 0.2) is 11.5 Å². The van der Waals surface area contributed by atoms with Crippen LogP contribution in [0.25, 0.3) is 0 Å². The maximum Gasteiger partial charge on any atom is 0.238 e. The number of rotatable bonds is 5. The molecule has 0 bridgehead atoms. The third-order valence-corrected chi connectivity index (χ3v) is 7.16. The van der Waals surface area contributed by atoms with Crippen LogP contribution in [0, 0.1) is 5.92 Å². The molecular weight excluding hydrogens is 434 g/mol. The van der Waals surface area contributed by atoms with Crippen molar-refractivity contribution in [1.29, 1.82) is 0 Å². The second kappa shape index (κ2) is 9.54. The number of hydrogen-bond acceptors (Lipinski definition) is 6. The zero-order chi connectivity index (χ0) is 23.7. The highest BCUT2D eigenvalue weighted by atomic mass is 16.6. The number of amides is 2. The fraction of sp³-hybridized carbons (Fsp3) is 0.462. The molecule has 0 aliphatic carbocycles. The molecule has 0 spiro atoms. The summed E-state index contributed by atoms with van der Waals surface area (Å²) in [5.74, 6) is 2.77. The lowest BCUT2D eigenvalue weighted by molar-refractivity contribution is -0.131. The lowest BCUT2D eigenvalue weighted by Crippen LogP contribution is -2.49. The highest BCUT2D eigenvalue weighted by Crippen LogP contribution is 2.42. The Kier molecular flexibility index (Phi) is 6.32. The van der Waals surface area contributed by atoms with Crippen LogP contribution in [0.5, 0.6) is 17.2 Å². The van der Waals surface area contributed by atoms with Crippen LogP contribution < -0.4 is 19.5 Å². The van der Waals surface area contributed by atoms with Crippen molar-refractivity contribution >= 4 is 17.5 Å². The number of nitrogens with zero attached hydrogens (tertiary/aromatic N) is 2. The minimum Gasteiger partial charge on any atom is -0.497 e. The lowest BCUT2D eigenvalue weighted by atomic mass is 9.82. The highest BCUT2D eigenvalue weighted by Gasteiger charge is 2.46. The molecule has 2 amide bonds. The molecule has 180 valence electrons. The minimum absolute atomic E-state index is 0.0578. The first-order chi connectivity index (χ1) is 16.5. The van der Waals surface area contributed by atoms with E-state index in [1.807, 2.05) is 29.2 Å². The van der Waals surface area contributed by atoms with E-state index >= 15 is 0 Å². The Labute approximate surface area is 199 Å². The topological polar surface area (TPSA) is 80.3 Å². The first-order valence-corrected chi connectivity index (χ1v) is 11.8. The van der Waals surface area contributed by atoms with Gasteiger partial charge in [0, 0.05) is 56.2 Å². The summed E-state index contributed by atoms with van der Waals surface area (Å²) in [7, 11) is 1.66. The van der Waals surface area contributed by atoms with Crippen LogP contribution in [0.4, 0.5) is 5.69 Å². The fourth-order valence-corrected chi connectivity index (χ4v) is 5.54. The summed E-state index contributed by atoms with van der Waals surface area (Å²) in [5.41, 5.74) is 1.91. The monoisotopic (exact) mass is 465 g/mol.